The van der Waals surface area contributed by atoms with Crippen LogP contribution in [0.4, 0.5) is 0 Å². The van der Waals surface area contributed by atoms with Gasteiger partial charge in [-0.25, -0.2) is 0 Å². The van der Waals surface area contributed by atoms with Gasteiger partial charge in [-0.15, -0.1) is 0 Å². The van der Waals surface area contributed by atoms with E-state index in [9.17, 15) is 5.11 Å². The van der Waals surface area contributed by atoms with Crippen molar-refractivity contribution in [2.45, 2.75) is 33.7 Å². The maximum atomic E-state index is 9.25. The van der Waals surface area contributed by atoms with Crippen molar-refractivity contribution in [3.63, 3.8) is 0 Å². The van der Waals surface area contributed by atoms with Crippen molar-refractivity contribution in [1.29, 1.82) is 0 Å². The summed E-state index contributed by atoms with van der Waals surface area (Å²) in [5.74, 6) is 1.35. The van der Waals surface area contributed by atoms with Gasteiger partial charge in [0.2, 0.25) is 0 Å². The van der Waals surface area contributed by atoms with Gasteiger partial charge in [0.05, 0.1) is 7.11 Å². The third kappa shape index (κ3) is 4.51. The van der Waals surface area contributed by atoms with Crippen molar-refractivity contribution < 1.29 is 9.84 Å². The third-order valence-electron chi connectivity index (χ3n) is 3.58. The molecule has 1 N–H and O–H groups in total. The summed E-state index contributed by atoms with van der Waals surface area (Å²) in [6.07, 6.45) is 1.02. The lowest BCUT2D eigenvalue weighted by Gasteiger charge is -2.22. The van der Waals surface area contributed by atoms with Gasteiger partial charge in [-0.3, -0.25) is 0 Å². The van der Waals surface area contributed by atoms with Gasteiger partial charge in [-0.2, -0.15) is 0 Å². The minimum absolute atomic E-state index is 0.265. The molecule has 0 fully saturated rings. The van der Waals surface area contributed by atoms with Gasteiger partial charge in [0.15, 0.2) is 0 Å². The van der Waals surface area contributed by atoms with Crippen LogP contribution in [0.1, 0.15) is 30.0 Å². The molecule has 0 amide bonds. The first kappa shape index (κ1) is 16.0. The van der Waals surface area contributed by atoms with Crippen LogP contribution in [0.3, 0.4) is 0 Å². The van der Waals surface area contributed by atoms with Gasteiger partial charge in [-0.1, -0.05) is 19.1 Å². The minimum Gasteiger partial charge on any atom is -0.496 e. The van der Waals surface area contributed by atoms with Crippen LogP contribution in [0.15, 0.2) is 12.1 Å². The predicted molar refractivity (Wildman–Crippen MR) is 79.7 cm³/mol. The van der Waals surface area contributed by atoms with Crippen LogP contribution in [0.5, 0.6) is 5.75 Å². The van der Waals surface area contributed by atoms with Crippen LogP contribution in [-0.2, 0) is 6.54 Å². The van der Waals surface area contributed by atoms with Gasteiger partial charge in [-0.05, 0) is 49.9 Å². The SMILES string of the molecule is CCC(CO)CN(C)Cc1cc(C)c(OC)c(C)c1. The Morgan fingerprint density at radius 1 is 1.26 bits per heavy atom. The summed E-state index contributed by atoms with van der Waals surface area (Å²) < 4.78 is 5.39. The topological polar surface area (TPSA) is 32.7 Å². The second-order valence-corrected chi connectivity index (χ2v) is 5.42. The molecular weight excluding hydrogens is 238 g/mol. The number of aliphatic hydroxyl groups excluding tert-OH is 1. The molecule has 0 bridgehead atoms. The van der Waals surface area contributed by atoms with Crippen molar-refractivity contribution in [3.05, 3.63) is 28.8 Å². The molecule has 0 heterocycles. The van der Waals surface area contributed by atoms with E-state index in [-0.39, 0.29) is 6.61 Å². The number of benzene rings is 1. The first-order valence-electron chi connectivity index (χ1n) is 6.95. The van der Waals surface area contributed by atoms with Gasteiger partial charge in [0.25, 0.3) is 0 Å². The van der Waals surface area contributed by atoms with Crippen LogP contribution in [0.25, 0.3) is 0 Å². The summed E-state index contributed by atoms with van der Waals surface area (Å²) in [5, 5.41) is 9.25. The molecule has 1 atom stereocenters. The number of aryl methyl sites for hydroxylation is 2. The van der Waals surface area contributed by atoms with Gasteiger partial charge in [0.1, 0.15) is 5.75 Å². The number of nitrogens with zero attached hydrogens (tertiary/aromatic N) is 1. The smallest absolute Gasteiger partial charge is 0.124 e. The molecule has 3 heteroatoms. The fraction of sp³-hybridized carbons (Fsp3) is 0.625. The summed E-state index contributed by atoms with van der Waals surface area (Å²) >= 11 is 0. The molecule has 1 rings (SSSR count). The molecule has 1 aromatic carbocycles. The molecule has 0 aromatic heterocycles. The average molecular weight is 265 g/mol. The molecule has 0 saturated carbocycles. The normalized spacial score (nSPS) is 12.8. The maximum Gasteiger partial charge on any atom is 0.124 e. The highest BCUT2D eigenvalue weighted by molar-refractivity contribution is 5.43. The lowest BCUT2D eigenvalue weighted by atomic mass is 10.0. The predicted octanol–water partition coefficient (Wildman–Crippen LogP) is 2.76. The van der Waals surface area contributed by atoms with E-state index in [1.807, 2.05) is 0 Å². The summed E-state index contributed by atoms with van der Waals surface area (Å²) in [4.78, 5) is 2.27. The van der Waals surface area contributed by atoms with Crippen LogP contribution in [0.2, 0.25) is 0 Å². The van der Waals surface area contributed by atoms with Crippen molar-refractivity contribution >= 4 is 0 Å². The van der Waals surface area contributed by atoms with E-state index in [4.69, 9.17) is 4.74 Å². The van der Waals surface area contributed by atoms with E-state index in [1.165, 1.54) is 16.7 Å². The molecule has 0 aliphatic carbocycles. The molecule has 1 aromatic rings. The quantitative estimate of drug-likeness (QED) is 0.823. The fourth-order valence-electron chi connectivity index (χ4n) is 2.59. The molecule has 0 aliphatic heterocycles. The Kier molecular flexibility index (Phi) is 6.32. The standard InChI is InChI=1S/C16H27NO2/c1-6-14(11-18)9-17(4)10-15-7-12(2)16(19-5)13(3)8-15/h7-8,14,18H,6,9-11H2,1-5H3. The zero-order valence-electron chi connectivity index (χ0n) is 12.9. The van der Waals surface area contributed by atoms with E-state index >= 15 is 0 Å². The Labute approximate surface area is 117 Å². The number of aliphatic hydroxyl groups is 1. The Hall–Kier alpha value is -1.06. The fourth-order valence-corrected chi connectivity index (χ4v) is 2.59. The molecule has 0 saturated heterocycles. The van der Waals surface area contributed by atoms with Crippen molar-refractivity contribution in [2.75, 3.05) is 27.3 Å². The highest BCUT2D eigenvalue weighted by Gasteiger charge is 2.11. The molecule has 3 nitrogen and oxygen atoms in total. The Morgan fingerprint density at radius 3 is 2.26 bits per heavy atom. The Morgan fingerprint density at radius 2 is 1.84 bits per heavy atom. The number of hydrogen-bond donors (Lipinski definition) is 1. The first-order chi connectivity index (χ1) is 9.01. The van der Waals surface area contributed by atoms with Crippen molar-refractivity contribution in [1.82, 2.24) is 4.90 Å². The number of hydrogen-bond acceptors (Lipinski definition) is 3. The molecule has 0 radical (unpaired) electrons. The van der Waals surface area contributed by atoms with E-state index in [2.05, 4.69) is 44.9 Å². The van der Waals surface area contributed by atoms with E-state index in [0.29, 0.717) is 5.92 Å². The number of methoxy groups -OCH3 is 1. The summed E-state index contributed by atoms with van der Waals surface area (Å²) in [5.41, 5.74) is 3.66. The van der Waals surface area contributed by atoms with Crippen LogP contribution >= 0.6 is 0 Å². The number of ether oxygens (including phenoxy) is 1. The summed E-state index contributed by atoms with van der Waals surface area (Å²) in [6, 6.07) is 4.37. The Bertz CT molecular complexity index is 377. The van der Waals surface area contributed by atoms with Crippen LogP contribution in [-0.4, -0.2) is 37.3 Å². The lowest BCUT2D eigenvalue weighted by molar-refractivity contribution is 0.173. The van der Waals surface area contributed by atoms with E-state index in [0.717, 1.165) is 25.3 Å². The maximum absolute atomic E-state index is 9.25. The summed E-state index contributed by atoms with van der Waals surface area (Å²) in [7, 11) is 3.82. The highest BCUT2D eigenvalue weighted by Crippen LogP contribution is 2.24. The largest absolute Gasteiger partial charge is 0.496 e. The lowest BCUT2D eigenvalue weighted by Crippen LogP contribution is -2.27. The van der Waals surface area contributed by atoms with Gasteiger partial charge >= 0.3 is 0 Å². The highest BCUT2D eigenvalue weighted by atomic mass is 16.5. The van der Waals surface area contributed by atoms with E-state index < -0.39 is 0 Å². The van der Waals surface area contributed by atoms with Crippen LogP contribution < -0.4 is 4.74 Å². The van der Waals surface area contributed by atoms with Crippen LogP contribution in [0, 0.1) is 19.8 Å². The van der Waals surface area contributed by atoms with Crippen molar-refractivity contribution in [3.8, 4) is 5.75 Å². The molecule has 19 heavy (non-hydrogen) atoms. The second kappa shape index (κ2) is 7.51. The molecule has 1 unspecified atom stereocenters. The molecule has 0 spiro atoms. The van der Waals surface area contributed by atoms with Gasteiger partial charge < -0.3 is 14.7 Å². The Balaban J connectivity index is 2.72. The molecule has 108 valence electrons. The first-order valence-corrected chi connectivity index (χ1v) is 6.95. The minimum atomic E-state index is 0.265. The summed E-state index contributed by atoms with van der Waals surface area (Å²) in [6.45, 7) is 8.38. The van der Waals surface area contributed by atoms with Gasteiger partial charge in [0, 0.05) is 19.7 Å². The number of rotatable bonds is 7. The molecule has 0 aliphatic rings. The zero-order chi connectivity index (χ0) is 14.4. The average Bonchev–Trinajstić information content (AvgIpc) is 2.35. The monoisotopic (exact) mass is 265 g/mol. The molecular formula is C16H27NO2. The second-order valence-electron chi connectivity index (χ2n) is 5.42. The third-order valence-corrected chi connectivity index (χ3v) is 3.58. The zero-order valence-corrected chi connectivity index (χ0v) is 12.9. The van der Waals surface area contributed by atoms with E-state index in [1.54, 1.807) is 7.11 Å². The van der Waals surface area contributed by atoms with Crippen molar-refractivity contribution in [2.24, 2.45) is 5.92 Å².